The minimum Gasteiger partial charge on any atom is -0.326 e. The van der Waals surface area contributed by atoms with Crippen LogP contribution < -0.4 is 5.32 Å². The molecule has 1 aromatic carbocycles. The SMILES string of the molecule is Cc1cc(C)cc(NC(=O)CCN(C(C)(C)C)S(C)(=O)=O)c1. The molecule has 0 heterocycles. The molecule has 22 heavy (non-hydrogen) atoms. The van der Waals surface area contributed by atoms with E-state index in [4.69, 9.17) is 0 Å². The molecule has 1 N–H and O–H groups in total. The van der Waals surface area contributed by atoms with Crippen LogP contribution in [0.25, 0.3) is 0 Å². The van der Waals surface area contributed by atoms with Crippen LogP contribution in [0.3, 0.4) is 0 Å². The van der Waals surface area contributed by atoms with Gasteiger partial charge in [0.05, 0.1) is 6.26 Å². The van der Waals surface area contributed by atoms with Crippen LogP contribution in [0, 0.1) is 13.8 Å². The van der Waals surface area contributed by atoms with Gasteiger partial charge in [-0.3, -0.25) is 4.79 Å². The molecule has 6 heteroatoms. The monoisotopic (exact) mass is 326 g/mol. The minimum absolute atomic E-state index is 0.122. The Labute approximate surface area is 133 Å². The Bertz CT molecular complexity index is 626. The Kier molecular flexibility index (Phi) is 5.76. The van der Waals surface area contributed by atoms with Crippen LogP contribution in [0.5, 0.6) is 0 Å². The van der Waals surface area contributed by atoms with Gasteiger partial charge < -0.3 is 5.32 Å². The average molecular weight is 326 g/mol. The minimum atomic E-state index is -3.35. The number of sulfonamides is 1. The van der Waals surface area contributed by atoms with Gasteiger partial charge in [0.1, 0.15) is 0 Å². The van der Waals surface area contributed by atoms with E-state index in [0.717, 1.165) is 16.8 Å². The lowest BCUT2D eigenvalue weighted by Crippen LogP contribution is -2.46. The molecule has 1 rings (SSSR count). The number of amides is 1. The molecule has 0 fully saturated rings. The molecular formula is C16H26N2O3S. The third-order valence-electron chi connectivity index (χ3n) is 3.20. The predicted molar refractivity (Wildman–Crippen MR) is 90.5 cm³/mol. The maximum atomic E-state index is 12.1. The number of nitrogens with one attached hydrogen (secondary N) is 1. The summed E-state index contributed by atoms with van der Waals surface area (Å²) in [5.41, 5.74) is 2.34. The number of anilines is 1. The normalized spacial score (nSPS) is 12.5. The molecule has 5 nitrogen and oxygen atoms in total. The lowest BCUT2D eigenvalue weighted by Gasteiger charge is -2.33. The molecule has 0 saturated carbocycles. The zero-order chi connectivity index (χ0) is 17.1. The van der Waals surface area contributed by atoms with E-state index in [2.05, 4.69) is 5.32 Å². The summed E-state index contributed by atoms with van der Waals surface area (Å²) in [6.45, 7) is 9.54. The zero-order valence-electron chi connectivity index (χ0n) is 14.2. The molecule has 0 bridgehead atoms. The van der Waals surface area contributed by atoms with Gasteiger partial charge in [0.25, 0.3) is 0 Å². The van der Waals surface area contributed by atoms with Crippen molar-refractivity contribution in [2.45, 2.75) is 46.6 Å². The first-order valence-electron chi connectivity index (χ1n) is 7.25. The summed E-state index contributed by atoms with van der Waals surface area (Å²) in [5.74, 6) is -0.192. The van der Waals surface area contributed by atoms with Crippen molar-refractivity contribution in [3.63, 3.8) is 0 Å². The van der Waals surface area contributed by atoms with E-state index < -0.39 is 15.6 Å². The molecule has 1 amide bonds. The van der Waals surface area contributed by atoms with E-state index >= 15 is 0 Å². The van der Waals surface area contributed by atoms with Gasteiger partial charge >= 0.3 is 0 Å². The number of benzene rings is 1. The van der Waals surface area contributed by atoms with E-state index in [1.54, 1.807) is 0 Å². The lowest BCUT2D eigenvalue weighted by atomic mass is 10.1. The number of nitrogens with zero attached hydrogens (tertiary/aromatic N) is 1. The van der Waals surface area contributed by atoms with Gasteiger partial charge in [0.15, 0.2) is 0 Å². The molecule has 0 unspecified atom stereocenters. The van der Waals surface area contributed by atoms with Crippen molar-refractivity contribution in [3.8, 4) is 0 Å². The Morgan fingerprint density at radius 3 is 2.05 bits per heavy atom. The zero-order valence-corrected chi connectivity index (χ0v) is 15.0. The topological polar surface area (TPSA) is 66.5 Å². The molecule has 124 valence electrons. The summed E-state index contributed by atoms with van der Waals surface area (Å²) >= 11 is 0. The highest BCUT2D eigenvalue weighted by atomic mass is 32.2. The van der Waals surface area contributed by atoms with Crippen LogP contribution in [0.4, 0.5) is 5.69 Å². The molecule has 0 atom stereocenters. The largest absolute Gasteiger partial charge is 0.326 e. The maximum Gasteiger partial charge on any atom is 0.225 e. The Morgan fingerprint density at radius 1 is 1.14 bits per heavy atom. The Balaban J connectivity index is 2.72. The number of hydrogen-bond donors (Lipinski definition) is 1. The van der Waals surface area contributed by atoms with Crippen LogP contribution in [-0.4, -0.2) is 37.0 Å². The second-order valence-corrected chi connectivity index (χ2v) is 8.59. The molecule has 0 aliphatic carbocycles. The number of carbonyl (C=O) groups excluding carboxylic acids is 1. The van der Waals surface area contributed by atoms with Crippen LogP contribution >= 0.6 is 0 Å². The summed E-state index contributed by atoms with van der Waals surface area (Å²) in [4.78, 5) is 12.1. The first kappa shape index (κ1) is 18.6. The van der Waals surface area contributed by atoms with Gasteiger partial charge in [0.2, 0.25) is 15.9 Å². The fourth-order valence-electron chi connectivity index (χ4n) is 2.47. The maximum absolute atomic E-state index is 12.1. The van der Waals surface area contributed by atoms with Gasteiger partial charge in [-0.2, -0.15) is 4.31 Å². The standard InChI is InChI=1S/C16H26N2O3S/c1-12-9-13(2)11-14(10-12)17-15(19)7-8-18(16(3,4)5)22(6,20)21/h9-11H,7-8H2,1-6H3,(H,17,19). The summed E-state index contributed by atoms with van der Waals surface area (Å²) in [6.07, 6.45) is 1.29. The summed E-state index contributed by atoms with van der Waals surface area (Å²) in [6, 6.07) is 5.81. The predicted octanol–water partition coefficient (Wildman–Crippen LogP) is 2.69. The van der Waals surface area contributed by atoms with Crippen molar-refractivity contribution in [1.82, 2.24) is 4.31 Å². The van der Waals surface area contributed by atoms with Gasteiger partial charge in [-0.05, 0) is 57.9 Å². The lowest BCUT2D eigenvalue weighted by molar-refractivity contribution is -0.116. The molecule has 0 aliphatic rings. The van der Waals surface area contributed by atoms with E-state index in [9.17, 15) is 13.2 Å². The van der Waals surface area contributed by atoms with Crippen molar-refractivity contribution >= 4 is 21.6 Å². The fraction of sp³-hybridized carbons (Fsp3) is 0.562. The Morgan fingerprint density at radius 2 is 1.64 bits per heavy atom. The van der Waals surface area contributed by atoms with Gasteiger partial charge in [-0.1, -0.05) is 6.07 Å². The van der Waals surface area contributed by atoms with Crippen molar-refractivity contribution in [2.24, 2.45) is 0 Å². The number of rotatable bonds is 5. The highest BCUT2D eigenvalue weighted by Crippen LogP contribution is 2.18. The second kappa shape index (κ2) is 6.79. The molecule has 0 radical (unpaired) electrons. The van der Waals surface area contributed by atoms with E-state index in [1.807, 2.05) is 52.8 Å². The summed E-state index contributed by atoms with van der Waals surface area (Å²) < 4.78 is 25.0. The van der Waals surface area contributed by atoms with Crippen molar-refractivity contribution in [2.75, 3.05) is 18.1 Å². The summed E-state index contributed by atoms with van der Waals surface area (Å²) in [5, 5.41) is 2.82. The first-order valence-corrected chi connectivity index (χ1v) is 9.10. The Hall–Kier alpha value is -1.40. The molecular weight excluding hydrogens is 300 g/mol. The second-order valence-electron chi connectivity index (χ2n) is 6.68. The highest BCUT2D eigenvalue weighted by molar-refractivity contribution is 7.88. The van der Waals surface area contributed by atoms with Gasteiger partial charge in [0, 0.05) is 24.2 Å². The third kappa shape index (κ3) is 5.77. The van der Waals surface area contributed by atoms with E-state index in [1.165, 1.54) is 10.6 Å². The van der Waals surface area contributed by atoms with Crippen molar-refractivity contribution < 1.29 is 13.2 Å². The average Bonchev–Trinajstić information content (AvgIpc) is 2.22. The van der Waals surface area contributed by atoms with Gasteiger partial charge in [-0.15, -0.1) is 0 Å². The van der Waals surface area contributed by atoms with Crippen LogP contribution in [0.1, 0.15) is 38.3 Å². The molecule has 0 aromatic heterocycles. The van der Waals surface area contributed by atoms with Crippen LogP contribution in [-0.2, 0) is 14.8 Å². The van der Waals surface area contributed by atoms with E-state index in [0.29, 0.717) is 0 Å². The first-order chi connectivity index (χ1) is 9.89. The van der Waals surface area contributed by atoms with Gasteiger partial charge in [-0.25, -0.2) is 8.42 Å². The molecule has 0 aliphatic heterocycles. The third-order valence-corrected chi connectivity index (χ3v) is 4.73. The molecule has 0 saturated heterocycles. The number of hydrogen-bond acceptors (Lipinski definition) is 3. The smallest absolute Gasteiger partial charge is 0.225 e. The number of aryl methyl sites for hydroxylation is 2. The van der Waals surface area contributed by atoms with Crippen molar-refractivity contribution in [3.05, 3.63) is 29.3 Å². The summed E-state index contributed by atoms with van der Waals surface area (Å²) in [7, 11) is -3.35. The highest BCUT2D eigenvalue weighted by Gasteiger charge is 2.29. The van der Waals surface area contributed by atoms with Crippen molar-refractivity contribution in [1.29, 1.82) is 0 Å². The quantitative estimate of drug-likeness (QED) is 0.904. The van der Waals surface area contributed by atoms with E-state index in [-0.39, 0.29) is 18.9 Å². The fourth-order valence-corrected chi connectivity index (χ4v) is 3.89. The molecule has 0 spiro atoms. The van der Waals surface area contributed by atoms with Crippen LogP contribution in [0.15, 0.2) is 18.2 Å². The number of carbonyl (C=O) groups is 1. The molecule has 1 aromatic rings. The van der Waals surface area contributed by atoms with Crippen LogP contribution in [0.2, 0.25) is 0 Å².